The maximum atomic E-state index is 12.5. The highest BCUT2D eigenvalue weighted by molar-refractivity contribution is 6.01. The highest BCUT2D eigenvalue weighted by Gasteiger charge is 2.30. The molecule has 0 aliphatic carbocycles. The van der Waals surface area contributed by atoms with Crippen LogP contribution < -0.4 is 14.8 Å². The van der Waals surface area contributed by atoms with Crippen LogP contribution in [0.25, 0.3) is 10.8 Å². The summed E-state index contributed by atoms with van der Waals surface area (Å²) < 4.78 is 15.7. The van der Waals surface area contributed by atoms with E-state index in [0.29, 0.717) is 22.3 Å². The quantitative estimate of drug-likeness (QED) is 0.557. The summed E-state index contributed by atoms with van der Waals surface area (Å²) in [6.45, 7) is 3.33. The average molecular weight is 424 g/mol. The molecule has 0 bridgehead atoms. The van der Waals surface area contributed by atoms with Crippen LogP contribution in [-0.2, 0) is 9.53 Å². The number of aromatic hydroxyl groups is 1. The number of carbonyl (C=O) groups is 2. The van der Waals surface area contributed by atoms with Gasteiger partial charge in [-0.05, 0) is 56.3 Å². The van der Waals surface area contributed by atoms with Gasteiger partial charge in [-0.15, -0.1) is 0 Å². The van der Waals surface area contributed by atoms with Gasteiger partial charge in [-0.2, -0.15) is 0 Å². The molecule has 8 heteroatoms. The molecular formula is C23H24N2O6. The van der Waals surface area contributed by atoms with Gasteiger partial charge in [0.25, 0.3) is 5.91 Å². The molecule has 0 unspecified atom stereocenters. The number of carbonyl (C=O) groups excluding carboxylic acids is 2. The van der Waals surface area contributed by atoms with Crippen molar-refractivity contribution in [1.82, 2.24) is 10.3 Å². The Balaban J connectivity index is 1.78. The molecule has 2 aromatic carbocycles. The van der Waals surface area contributed by atoms with Gasteiger partial charge in [-0.1, -0.05) is 0 Å². The first-order valence-corrected chi connectivity index (χ1v) is 9.55. The van der Waals surface area contributed by atoms with E-state index in [2.05, 4.69) is 10.3 Å². The Hall–Kier alpha value is -3.81. The summed E-state index contributed by atoms with van der Waals surface area (Å²) in [6, 6.07) is 12.2. The normalized spacial score (nSPS) is 11.1. The van der Waals surface area contributed by atoms with Crippen LogP contribution >= 0.6 is 0 Å². The van der Waals surface area contributed by atoms with E-state index in [1.54, 1.807) is 63.4 Å². The second-order valence-electron chi connectivity index (χ2n) is 7.54. The lowest BCUT2D eigenvalue weighted by atomic mass is 9.93. The number of benzene rings is 2. The predicted octanol–water partition coefficient (Wildman–Crippen LogP) is 3.67. The number of hydrogen-bond donors (Lipinski definition) is 2. The fourth-order valence-electron chi connectivity index (χ4n) is 2.93. The van der Waals surface area contributed by atoms with E-state index < -0.39 is 17.3 Å². The topological polar surface area (TPSA) is 107 Å². The number of hydrogen-bond acceptors (Lipinski definition) is 7. The number of fused-ring (bicyclic) bond motifs is 1. The molecule has 3 aromatic rings. The van der Waals surface area contributed by atoms with Gasteiger partial charge in [0.15, 0.2) is 11.4 Å². The van der Waals surface area contributed by atoms with E-state index in [9.17, 15) is 14.7 Å². The zero-order valence-electron chi connectivity index (χ0n) is 17.8. The Kier molecular flexibility index (Phi) is 6.29. The van der Waals surface area contributed by atoms with Crippen molar-refractivity contribution in [1.29, 1.82) is 0 Å². The summed E-state index contributed by atoms with van der Waals surface area (Å²) in [5.74, 6) is 0.614. The van der Waals surface area contributed by atoms with Crippen molar-refractivity contribution in [3.05, 3.63) is 54.4 Å². The van der Waals surface area contributed by atoms with Gasteiger partial charge in [0, 0.05) is 23.5 Å². The zero-order chi connectivity index (χ0) is 22.6. The van der Waals surface area contributed by atoms with Crippen molar-refractivity contribution in [2.75, 3.05) is 20.8 Å². The number of nitrogens with zero attached hydrogens (tertiary/aromatic N) is 1. The Bertz CT molecular complexity index is 1110. The maximum absolute atomic E-state index is 12.5. The van der Waals surface area contributed by atoms with Crippen molar-refractivity contribution < 1.29 is 28.9 Å². The SMILES string of the molecule is COC(=O)C(C)(C)CNC(=O)c1ncc2cc(Oc3ccc(OC)cc3)ccc2c1O. The minimum Gasteiger partial charge on any atom is -0.505 e. The van der Waals surface area contributed by atoms with Crippen molar-refractivity contribution in [3.8, 4) is 23.0 Å². The summed E-state index contributed by atoms with van der Waals surface area (Å²) in [7, 11) is 2.88. The van der Waals surface area contributed by atoms with E-state index in [4.69, 9.17) is 14.2 Å². The maximum Gasteiger partial charge on any atom is 0.313 e. The molecule has 0 atom stereocenters. The van der Waals surface area contributed by atoms with Gasteiger partial charge in [0.05, 0.1) is 19.6 Å². The van der Waals surface area contributed by atoms with Gasteiger partial charge in [0.1, 0.15) is 17.2 Å². The van der Waals surface area contributed by atoms with Crippen LogP contribution in [-0.4, -0.2) is 42.7 Å². The number of esters is 1. The third-order valence-electron chi connectivity index (χ3n) is 4.77. The van der Waals surface area contributed by atoms with E-state index in [1.165, 1.54) is 13.3 Å². The molecule has 1 heterocycles. The summed E-state index contributed by atoms with van der Waals surface area (Å²) in [5.41, 5.74) is -1.04. The smallest absolute Gasteiger partial charge is 0.313 e. The number of methoxy groups -OCH3 is 2. The highest BCUT2D eigenvalue weighted by atomic mass is 16.5. The van der Waals surface area contributed by atoms with Crippen LogP contribution in [0.3, 0.4) is 0 Å². The zero-order valence-corrected chi connectivity index (χ0v) is 17.8. The van der Waals surface area contributed by atoms with E-state index in [1.807, 2.05) is 0 Å². The molecule has 0 fully saturated rings. The van der Waals surface area contributed by atoms with Crippen molar-refractivity contribution in [3.63, 3.8) is 0 Å². The molecule has 0 saturated heterocycles. The molecule has 8 nitrogen and oxygen atoms in total. The molecule has 0 aliphatic heterocycles. The predicted molar refractivity (Wildman–Crippen MR) is 115 cm³/mol. The largest absolute Gasteiger partial charge is 0.505 e. The third-order valence-corrected chi connectivity index (χ3v) is 4.77. The summed E-state index contributed by atoms with van der Waals surface area (Å²) in [4.78, 5) is 28.4. The van der Waals surface area contributed by atoms with Crippen LogP contribution in [0.2, 0.25) is 0 Å². The fraction of sp³-hybridized carbons (Fsp3) is 0.261. The van der Waals surface area contributed by atoms with Gasteiger partial charge >= 0.3 is 5.97 Å². The van der Waals surface area contributed by atoms with Gasteiger partial charge in [-0.3, -0.25) is 9.59 Å². The first kappa shape index (κ1) is 21.9. The number of nitrogens with one attached hydrogen (secondary N) is 1. The Morgan fingerprint density at radius 3 is 2.32 bits per heavy atom. The summed E-state index contributed by atoms with van der Waals surface area (Å²) in [5, 5.41) is 14.2. The lowest BCUT2D eigenvalue weighted by Crippen LogP contribution is -2.39. The fourth-order valence-corrected chi connectivity index (χ4v) is 2.93. The number of pyridine rings is 1. The molecule has 0 spiro atoms. The van der Waals surface area contributed by atoms with Crippen LogP contribution in [0.1, 0.15) is 24.3 Å². The number of ether oxygens (including phenoxy) is 3. The number of rotatable bonds is 7. The number of amides is 1. The second kappa shape index (κ2) is 8.91. The average Bonchev–Trinajstić information content (AvgIpc) is 2.77. The first-order valence-electron chi connectivity index (χ1n) is 9.55. The lowest BCUT2D eigenvalue weighted by molar-refractivity contribution is -0.150. The number of aromatic nitrogens is 1. The Labute approximate surface area is 179 Å². The minimum atomic E-state index is -0.912. The molecule has 31 heavy (non-hydrogen) atoms. The van der Waals surface area contributed by atoms with Gasteiger partial charge in [-0.25, -0.2) is 4.98 Å². The third kappa shape index (κ3) is 4.85. The monoisotopic (exact) mass is 424 g/mol. The Morgan fingerprint density at radius 2 is 1.68 bits per heavy atom. The summed E-state index contributed by atoms with van der Waals surface area (Å²) >= 11 is 0. The highest BCUT2D eigenvalue weighted by Crippen LogP contribution is 2.32. The standard InChI is InChI=1S/C23H24N2O6/c1-23(2,22(28)30-4)13-25-21(27)19-20(26)18-10-9-17(11-14(18)12-24-19)31-16-7-5-15(29-3)6-8-16/h5-12,26H,13H2,1-4H3,(H,25,27). The van der Waals surface area contributed by atoms with Gasteiger partial charge in [0.2, 0.25) is 0 Å². The molecule has 3 rings (SSSR count). The molecule has 1 aromatic heterocycles. The van der Waals surface area contributed by atoms with E-state index in [0.717, 1.165) is 5.75 Å². The lowest BCUT2D eigenvalue weighted by Gasteiger charge is -2.21. The minimum absolute atomic E-state index is 0.0340. The van der Waals surface area contributed by atoms with Crippen LogP contribution in [0, 0.1) is 5.41 Å². The molecular weight excluding hydrogens is 400 g/mol. The van der Waals surface area contributed by atoms with Crippen LogP contribution in [0.15, 0.2) is 48.7 Å². The van der Waals surface area contributed by atoms with Crippen LogP contribution in [0.5, 0.6) is 23.0 Å². The molecule has 0 radical (unpaired) electrons. The molecule has 1 amide bonds. The molecule has 0 aliphatic rings. The molecule has 2 N–H and O–H groups in total. The van der Waals surface area contributed by atoms with Crippen molar-refractivity contribution in [2.45, 2.75) is 13.8 Å². The molecule has 162 valence electrons. The molecule has 0 saturated carbocycles. The summed E-state index contributed by atoms with van der Waals surface area (Å²) in [6.07, 6.45) is 1.48. The van der Waals surface area contributed by atoms with Gasteiger partial charge < -0.3 is 24.6 Å². The van der Waals surface area contributed by atoms with Crippen molar-refractivity contribution in [2.24, 2.45) is 5.41 Å². The van der Waals surface area contributed by atoms with Crippen LogP contribution in [0.4, 0.5) is 0 Å². The second-order valence-corrected chi connectivity index (χ2v) is 7.54. The Morgan fingerprint density at radius 1 is 1.03 bits per heavy atom. The first-order chi connectivity index (χ1) is 14.7. The van der Waals surface area contributed by atoms with Crippen molar-refractivity contribution >= 4 is 22.6 Å². The van der Waals surface area contributed by atoms with E-state index >= 15 is 0 Å². The van der Waals surface area contributed by atoms with E-state index in [-0.39, 0.29) is 18.0 Å².